The molecule has 0 unspecified atom stereocenters. The number of rotatable bonds is 8. The molecule has 0 saturated heterocycles. The van der Waals surface area contributed by atoms with Crippen molar-refractivity contribution < 1.29 is 13.2 Å². The van der Waals surface area contributed by atoms with Crippen LogP contribution < -0.4 is 10.1 Å². The van der Waals surface area contributed by atoms with Gasteiger partial charge in [-0.3, -0.25) is 0 Å². The van der Waals surface area contributed by atoms with Crippen LogP contribution in [0.15, 0.2) is 24.3 Å². The van der Waals surface area contributed by atoms with Crippen LogP contribution in [-0.4, -0.2) is 45.2 Å². The number of hydrogen-bond acceptors (Lipinski definition) is 4. The van der Waals surface area contributed by atoms with E-state index < -0.39 is 10.0 Å². The topological polar surface area (TPSA) is 58.6 Å². The molecule has 0 bridgehead atoms. The predicted octanol–water partition coefficient (Wildman–Crippen LogP) is 1.45. The summed E-state index contributed by atoms with van der Waals surface area (Å²) in [5.41, 5.74) is 1.10. The molecule has 0 heterocycles. The molecule has 0 aromatic heterocycles. The number of benzene rings is 1. The molecule has 1 aromatic rings. The second-order valence-electron chi connectivity index (χ2n) is 5.09. The number of hydrogen-bond donors (Lipinski definition) is 1. The van der Waals surface area contributed by atoms with Crippen LogP contribution in [0.5, 0.6) is 5.75 Å². The third-order valence-corrected chi connectivity index (χ3v) is 4.55. The second-order valence-corrected chi connectivity index (χ2v) is 7.39. The Morgan fingerprint density at radius 1 is 1.20 bits per heavy atom. The van der Waals surface area contributed by atoms with Gasteiger partial charge in [0.05, 0.1) is 11.9 Å². The highest BCUT2D eigenvalue weighted by atomic mass is 32.2. The van der Waals surface area contributed by atoms with Crippen LogP contribution in [0.1, 0.15) is 19.4 Å². The van der Waals surface area contributed by atoms with Crippen LogP contribution in [0.25, 0.3) is 0 Å². The Morgan fingerprint density at radius 2 is 1.80 bits per heavy atom. The first-order valence-electron chi connectivity index (χ1n) is 6.68. The van der Waals surface area contributed by atoms with Crippen molar-refractivity contribution in [2.24, 2.45) is 0 Å². The van der Waals surface area contributed by atoms with Crippen molar-refractivity contribution in [1.82, 2.24) is 9.62 Å². The van der Waals surface area contributed by atoms with Crippen LogP contribution in [0.3, 0.4) is 0 Å². The van der Waals surface area contributed by atoms with E-state index in [0.717, 1.165) is 11.3 Å². The molecule has 0 fully saturated rings. The minimum absolute atomic E-state index is 0.106. The molecule has 0 atom stereocenters. The molecule has 114 valence electrons. The van der Waals surface area contributed by atoms with Crippen LogP contribution in [0, 0.1) is 0 Å². The molecular formula is C14H24N2O3S. The second kappa shape index (κ2) is 7.61. The summed E-state index contributed by atoms with van der Waals surface area (Å²) in [5.74, 6) is 0.952. The Balaban J connectivity index is 2.36. The Bertz CT molecular complexity index is 496. The lowest BCUT2D eigenvalue weighted by molar-refractivity contribution is 0.242. The van der Waals surface area contributed by atoms with Gasteiger partial charge in [-0.15, -0.1) is 0 Å². The normalized spacial score (nSPS) is 12.1. The summed E-state index contributed by atoms with van der Waals surface area (Å²) in [7, 11) is -0.0331. The molecule has 5 nitrogen and oxygen atoms in total. The van der Waals surface area contributed by atoms with Gasteiger partial charge in [0, 0.05) is 27.2 Å². The van der Waals surface area contributed by atoms with Crippen LogP contribution in [0.2, 0.25) is 0 Å². The molecule has 0 amide bonds. The van der Waals surface area contributed by atoms with Gasteiger partial charge in [0.1, 0.15) is 5.75 Å². The molecule has 20 heavy (non-hydrogen) atoms. The van der Waals surface area contributed by atoms with E-state index in [0.29, 0.717) is 13.1 Å². The minimum Gasteiger partial charge on any atom is -0.491 e. The fraction of sp³-hybridized carbons (Fsp3) is 0.571. The predicted molar refractivity (Wildman–Crippen MR) is 81.4 cm³/mol. The maximum absolute atomic E-state index is 11.6. The van der Waals surface area contributed by atoms with Crippen molar-refractivity contribution in [3.63, 3.8) is 0 Å². The Kier molecular flexibility index (Phi) is 6.45. The molecule has 0 saturated carbocycles. The third-order valence-electron chi connectivity index (χ3n) is 2.72. The molecule has 1 rings (SSSR count). The lowest BCUT2D eigenvalue weighted by atomic mass is 10.2. The van der Waals surface area contributed by atoms with Gasteiger partial charge in [0.2, 0.25) is 10.0 Å². The Hall–Kier alpha value is -1.11. The van der Waals surface area contributed by atoms with Gasteiger partial charge < -0.3 is 10.1 Å². The number of nitrogens with zero attached hydrogens (tertiary/aromatic N) is 1. The summed E-state index contributed by atoms with van der Waals surface area (Å²) in [6.07, 6.45) is 0.162. The van der Waals surface area contributed by atoms with Gasteiger partial charge >= 0.3 is 0 Å². The van der Waals surface area contributed by atoms with E-state index in [4.69, 9.17) is 4.74 Å². The van der Waals surface area contributed by atoms with E-state index in [1.807, 2.05) is 38.1 Å². The number of ether oxygens (including phenoxy) is 1. The highest BCUT2D eigenvalue weighted by Gasteiger charge is 2.12. The monoisotopic (exact) mass is 300 g/mol. The maximum atomic E-state index is 11.6. The smallest absolute Gasteiger partial charge is 0.214 e. The van der Waals surface area contributed by atoms with Crippen LogP contribution >= 0.6 is 0 Å². The summed E-state index contributed by atoms with van der Waals surface area (Å²) < 4.78 is 29.9. The first-order valence-corrected chi connectivity index (χ1v) is 8.28. The Labute approximate surface area is 122 Å². The maximum Gasteiger partial charge on any atom is 0.214 e. The standard InChI is InChI=1S/C14H24N2O3S/c1-12(2)19-14-7-5-13(6-8-14)11-15-9-10-20(17,18)16(3)4/h5-8,12,15H,9-11H2,1-4H3. The highest BCUT2D eigenvalue weighted by Crippen LogP contribution is 2.13. The van der Waals surface area contributed by atoms with Gasteiger partial charge in [0.15, 0.2) is 0 Å². The van der Waals surface area contributed by atoms with Crippen LogP contribution in [-0.2, 0) is 16.6 Å². The molecule has 0 aliphatic carbocycles. The highest BCUT2D eigenvalue weighted by molar-refractivity contribution is 7.89. The largest absolute Gasteiger partial charge is 0.491 e. The van der Waals surface area contributed by atoms with Crippen molar-refractivity contribution >= 4 is 10.0 Å². The third kappa shape index (κ3) is 5.90. The lowest BCUT2D eigenvalue weighted by Gasteiger charge is -2.12. The van der Waals surface area contributed by atoms with Gasteiger partial charge in [-0.25, -0.2) is 12.7 Å². The van der Waals surface area contributed by atoms with E-state index in [1.54, 1.807) is 14.1 Å². The van der Waals surface area contributed by atoms with Gasteiger partial charge in [-0.2, -0.15) is 0 Å². The van der Waals surface area contributed by atoms with Gasteiger partial charge in [-0.05, 0) is 31.5 Å². The first kappa shape index (κ1) is 16.9. The first-order chi connectivity index (χ1) is 9.31. The lowest BCUT2D eigenvalue weighted by Crippen LogP contribution is -2.30. The molecule has 1 N–H and O–H groups in total. The molecular weight excluding hydrogens is 276 g/mol. The van der Waals surface area contributed by atoms with Crippen molar-refractivity contribution in [2.75, 3.05) is 26.4 Å². The summed E-state index contributed by atoms with van der Waals surface area (Å²) in [6, 6.07) is 7.80. The summed E-state index contributed by atoms with van der Waals surface area (Å²) in [4.78, 5) is 0. The van der Waals surface area contributed by atoms with E-state index in [-0.39, 0.29) is 11.9 Å². The van der Waals surface area contributed by atoms with Crippen molar-refractivity contribution in [1.29, 1.82) is 0 Å². The number of sulfonamides is 1. The summed E-state index contributed by atoms with van der Waals surface area (Å²) in [6.45, 7) is 5.05. The molecule has 6 heteroatoms. The fourth-order valence-corrected chi connectivity index (χ4v) is 2.34. The molecule has 0 radical (unpaired) electrons. The SMILES string of the molecule is CC(C)Oc1ccc(CNCCS(=O)(=O)N(C)C)cc1. The average molecular weight is 300 g/mol. The zero-order chi connectivity index (χ0) is 15.2. The van der Waals surface area contributed by atoms with Gasteiger partial charge in [0.25, 0.3) is 0 Å². The fourth-order valence-electron chi connectivity index (χ4n) is 1.57. The molecule has 0 aliphatic rings. The summed E-state index contributed by atoms with van der Waals surface area (Å²) in [5, 5.41) is 3.13. The molecule has 0 spiro atoms. The quantitative estimate of drug-likeness (QED) is 0.738. The zero-order valence-electron chi connectivity index (χ0n) is 12.6. The molecule has 0 aliphatic heterocycles. The summed E-state index contributed by atoms with van der Waals surface area (Å²) >= 11 is 0. The minimum atomic E-state index is -3.12. The molecule has 1 aromatic carbocycles. The van der Waals surface area contributed by atoms with E-state index in [1.165, 1.54) is 4.31 Å². The van der Waals surface area contributed by atoms with Gasteiger partial charge in [-0.1, -0.05) is 12.1 Å². The Morgan fingerprint density at radius 3 is 2.30 bits per heavy atom. The van der Waals surface area contributed by atoms with Crippen molar-refractivity contribution in [3.8, 4) is 5.75 Å². The van der Waals surface area contributed by atoms with E-state index in [2.05, 4.69) is 5.32 Å². The number of nitrogens with one attached hydrogen (secondary N) is 1. The average Bonchev–Trinajstić information content (AvgIpc) is 2.35. The van der Waals surface area contributed by atoms with E-state index in [9.17, 15) is 8.42 Å². The van der Waals surface area contributed by atoms with Crippen molar-refractivity contribution in [2.45, 2.75) is 26.5 Å². The zero-order valence-corrected chi connectivity index (χ0v) is 13.4. The van der Waals surface area contributed by atoms with E-state index >= 15 is 0 Å². The van der Waals surface area contributed by atoms with Crippen LogP contribution in [0.4, 0.5) is 0 Å². The van der Waals surface area contributed by atoms with Crippen molar-refractivity contribution in [3.05, 3.63) is 29.8 Å².